The largest absolute Gasteiger partial charge is 0.384 e. The Morgan fingerprint density at radius 3 is 2.48 bits per heavy atom. The van der Waals surface area contributed by atoms with Crippen molar-refractivity contribution in [3.05, 3.63) is 35.9 Å². The van der Waals surface area contributed by atoms with E-state index < -0.39 is 5.60 Å². The maximum Gasteiger partial charge on any atom is 0.103 e. The third-order valence-corrected chi connectivity index (χ3v) is 4.80. The Kier molecular flexibility index (Phi) is 5.38. The molecule has 2 rings (SSSR count). The Labute approximate surface area is 128 Å². The van der Waals surface area contributed by atoms with Crippen LogP contribution in [-0.4, -0.2) is 61.2 Å². The number of rotatable bonds is 6. The zero-order chi connectivity index (χ0) is 15.5. The van der Waals surface area contributed by atoms with E-state index in [1.54, 1.807) is 0 Å². The van der Waals surface area contributed by atoms with E-state index >= 15 is 0 Å². The van der Waals surface area contributed by atoms with Gasteiger partial charge in [0.25, 0.3) is 0 Å². The first-order valence-corrected chi connectivity index (χ1v) is 7.83. The first-order chi connectivity index (χ1) is 9.96. The molecule has 1 aliphatic rings. The van der Waals surface area contributed by atoms with Crippen molar-refractivity contribution in [1.82, 2.24) is 9.80 Å². The van der Waals surface area contributed by atoms with Crippen LogP contribution in [0, 0.1) is 5.92 Å². The van der Waals surface area contributed by atoms with Gasteiger partial charge in [0.15, 0.2) is 0 Å². The summed E-state index contributed by atoms with van der Waals surface area (Å²) >= 11 is 0. The van der Waals surface area contributed by atoms with Gasteiger partial charge in [-0.15, -0.1) is 0 Å². The Morgan fingerprint density at radius 1 is 1.29 bits per heavy atom. The Morgan fingerprint density at radius 2 is 1.95 bits per heavy atom. The fourth-order valence-electron chi connectivity index (χ4n) is 3.36. The summed E-state index contributed by atoms with van der Waals surface area (Å²) in [5, 5.41) is 10.8. The summed E-state index contributed by atoms with van der Waals surface area (Å²) in [5.41, 5.74) is 5.85. The fourth-order valence-corrected chi connectivity index (χ4v) is 3.36. The molecule has 3 N–H and O–H groups in total. The summed E-state index contributed by atoms with van der Waals surface area (Å²) in [7, 11) is 4.29. The quantitative estimate of drug-likeness (QED) is 0.824. The first-order valence-electron chi connectivity index (χ1n) is 7.83. The van der Waals surface area contributed by atoms with Gasteiger partial charge in [-0.25, -0.2) is 0 Å². The number of nitrogens with zero attached hydrogens (tertiary/aromatic N) is 2. The van der Waals surface area contributed by atoms with Gasteiger partial charge in [0.2, 0.25) is 0 Å². The summed E-state index contributed by atoms with van der Waals surface area (Å²) in [4.78, 5) is 4.75. The topological polar surface area (TPSA) is 52.7 Å². The van der Waals surface area contributed by atoms with Crippen molar-refractivity contribution < 1.29 is 5.11 Å². The molecule has 0 radical (unpaired) electrons. The third kappa shape index (κ3) is 3.83. The highest BCUT2D eigenvalue weighted by molar-refractivity contribution is 5.22. The molecular weight excluding hydrogens is 262 g/mol. The molecule has 1 aromatic carbocycles. The fraction of sp³-hybridized carbons (Fsp3) is 0.647. The van der Waals surface area contributed by atoms with Gasteiger partial charge < -0.3 is 20.6 Å². The zero-order valence-electron chi connectivity index (χ0n) is 13.5. The second kappa shape index (κ2) is 6.88. The van der Waals surface area contributed by atoms with Gasteiger partial charge in [0.05, 0.1) is 0 Å². The van der Waals surface area contributed by atoms with Gasteiger partial charge in [-0.1, -0.05) is 37.3 Å². The molecule has 3 atom stereocenters. The normalized spacial score (nSPS) is 26.2. The van der Waals surface area contributed by atoms with Crippen LogP contribution in [0.2, 0.25) is 0 Å². The van der Waals surface area contributed by atoms with Crippen molar-refractivity contribution in [1.29, 1.82) is 0 Å². The highest BCUT2D eigenvalue weighted by atomic mass is 16.3. The van der Waals surface area contributed by atoms with Gasteiger partial charge >= 0.3 is 0 Å². The molecule has 0 saturated carbocycles. The second-order valence-electron chi connectivity index (χ2n) is 6.62. The van der Waals surface area contributed by atoms with E-state index in [0.29, 0.717) is 18.4 Å². The lowest BCUT2D eigenvalue weighted by Crippen LogP contribution is -2.39. The molecule has 4 heteroatoms. The van der Waals surface area contributed by atoms with Crippen LogP contribution in [0.4, 0.5) is 0 Å². The summed E-state index contributed by atoms with van der Waals surface area (Å²) in [6, 6.07) is 10.4. The van der Waals surface area contributed by atoms with Gasteiger partial charge in [0.1, 0.15) is 5.60 Å². The lowest BCUT2D eigenvalue weighted by atomic mass is 9.90. The van der Waals surface area contributed by atoms with E-state index in [-0.39, 0.29) is 6.54 Å². The van der Waals surface area contributed by atoms with Crippen LogP contribution in [0.5, 0.6) is 0 Å². The number of hydrogen-bond donors (Lipinski definition) is 2. The smallest absolute Gasteiger partial charge is 0.103 e. The first kappa shape index (κ1) is 16.4. The molecule has 0 spiro atoms. The highest BCUT2D eigenvalue weighted by Gasteiger charge is 2.33. The monoisotopic (exact) mass is 291 g/mol. The molecule has 118 valence electrons. The highest BCUT2D eigenvalue weighted by Crippen LogP contribution is 2.26. The zero-order valence-corrected chi connectivity index (χ0v) is 13.5. The summed E-state index contributed by atoms with van der Waals surface area (Å²) in [5.74, 6) is 0.669. The van der Waals surface area contributed by atoms with Crippen molar-refractivity contribution in [3.8, 4) is 0 Å². The molecule has 0 aromatic heterocycles. The molecule has 0 bridgehead atoms. The van der Waals surface area contributed by atoms with Crippen LogP contribution in [0.1, 0.15) is 18.9 Å². The molecular formula is C17H29N3O. The Hall–Kier alpha value is -0.940. The minimum Gasteiger partial charge on any atom is -0.384 e. The summed E-state index contributed by atoms with van der Waals surface area (Å²) < 4.78 is 0. The Bertz CT molecular complexity index is 437. The molecule has 4 nitrogen and oxygen atoms in total. The number of hydrogen-bond acceptors (Lipinski definition) is 4. The molecule has 1 fully saturated rings. The van der Waals surface area contributed by atoms with E-state index in [1.807, 2.05) is 30.3 Å². The molecule has 3 unspecified atom stereocenters. The maximum absolute atomic E-state index is 10.8. The van der Waals surface area contributed by atoms with Crippen LogP contribution >= 0.6 is 0 Å². The SMILES string of the molecule is CC1CN(CCC(O)(CN)c2ccccc2)CC1N(C)C. The maximum atomic E-state index is 10.8. The molecule has 21 heavy (non-hydrogen) atoms. The van der Waals surface area contributed by atoms with E-state index in [0.717, 1.165) is 25.2 Å². The molecule has 1 aromatic rings. The number of benzene rings is 1. The van der Waals surface area contributed by atoms with Crippen molar-refractivity contribution in [2.75, 3.05) is 40.3 Å². The molecule has 1 saturated heterocycles. The van der Waals surface area contributed by atoms with E-state index in [9.17, 15) is 5.11 Å². The van der Waals surface area contributed by atoms with Gasteiger partial charge in [-0.2, -0.15) is 0 Å². The second-order valence-corrected chi connectivity index (χ2v) is 6.62. The number of nitrogens with two attached hydrogens (primary N) is 1. The van der Waals surface area contributed by atoms with Crippen molar-refractivity contribution >= 4 is 0 Å². The Balaban J connectivity index is 1.95. The lowest BCUT2D eigenvalue weighted by molar-refractivity contribution is 0.0273. The molecule has 1 aliphatic heterocycles. The van der Waals surface area contributed by atoms with Crippen LogP contribution in [0.15, 0.2) is 30.3 Å². The predicted molar refractivity (Wildman–Crippen MR) is 87.1 cm³/mol. The summed E-state index contributed by atoms with van der Waals surface area (Å²) in [6.45, 7) is 5.62. The summed E-state index contributed by atoms with van der Waals surface area (Å²) in [6.07, 6.45) is 0.681. The average molecular weight is 291 g/mol. The van der Waals surface area contributed by atoms with Crippen LogP contribution < -0.4 is 5.73 Å². The van der Waals surface area contributed by atoms with Gasteiger partial charge in [0, 0.05) is 32.2 Å². The molecule has 0 amide bonds. The minimum atomic E-state index is -0.916. The standard InChI is InChI=1S/C17H29N3O/c1-14-11-20(12-16(14)19(2)3)10-9-17(21,13-18)15-7-5-4-6-8-15/h4-8,14,16,21H,9-13,18H2,1-3H3. The van der Waals surface area contributed by atoms with Crippen LogP contribution in [-0.2, 0) is 5.60 Å². The number of likely N-dealkylation sites (N-methyl/N-ethyl adjacent to an activating group) is 1. The molecule has 1 heterocycles. The van der Waals surface area contributed by atoms with Crippen LogP contribution in [0.3, 0.4) is 0 Å². The number of aliphatic hydroxyl groups is 1. The number of likely N-dealkylation sites (tertiary alicyclic amines) is 1. The van der Waals surface area contributed by atoms with E-state index in [1.165, 1.54) is 0 Å². The van der Waals surface area contributed by atoms with Crippen molar-refractivity contribution in [3.63, 3.8) is 0 Å². The van der Waals surface area contributed by atoms with Crippen molar-refractivity contribution in [2.24, 2.45) is 11.7 Å². The van der Waals surface area contributed by atoms with Crippen LogP contribution in [0.25, 0.3) is 0 Å². The van der Waals surface area contributed by atoms with E-state index in [4.69, 9.17) is 5.73 Å². The predicted octanol–water partition coefficient (Wildman–Crippen LogP) is 1.10. The van der Waals surface area contributed by atoms with Gasteiger partial charge in [-0.05, 0) is 32.0 Å². The molecule has 0 aliphatic carbocycles. The third-order valence-electron chi connectivity index (χ3n) is 4.80. The average Bonchev–Trinajstić information content (AvgIpc) is 2.87. The van der Waals surface area contributed by atoms with Crippen molar-refractivity contribution in [2.45, 2.75) is 25.0 Å². The lowest BCUT2D eigenvalue weighted by Gasteiger charge is -2.29. The van der Waals surface area contributed by atoms with Gasteiger partial charge in [-0.3, -0.25) is 0 Å². The minimum absolute atomic E-state index is 0.261. The van der Waals surface area contributed by atoms with E-state index in [2.05, 4.69) is 30.8 Å².